The quantitative estimate of drug-likeness (QED) is 0.722. The molecule has 1 fully saturated rings. The van der Waals surface area contributed by atoms with Gasteiger partial charge in [-0.15, -0.1) is 0 Å². The van der Waals surface area contributed by atoms with Crippen LogP contribution in [0.5, 0.6) is 0 Å². The van der Waals surface area contributed by atoms with Gasteiger partial charge >= 0.3 is 0 Å². The van der Waals surface area contributed by atoms with Gasteiger partial charge in [-0.3, -0.25) is 0 Å². The van der Waals surface area contributed by atoms with Crippen molar-refractivity contribution in [1.29, 1.82) is 0 Å². The number of nitrogens with one attached hydrogen (secondary N) is 2. The van der Waals surface area contributed by atoms with E-state index in [0.717, 1.165) is 49.7 Å². The highest BCUT2D eigenvalue weighted by molar-refractivity contribution is 5.47. The van der Waals surface area contributed by atoms with Gasteiger partial charge in [0.1, 0.15) is 17.5 Å². The molecule has 1 aromatic rings. The maximum atomic E-state index is 10.6. The van der Waals surface area contributed by atoms with Crippen molar-refractivity contribution >= 4 is 11.6 Å². The largest absolute Gasteiger partial charge is 0.388 e. The molecule has 0 bridgehead atoms. The average molecular weight is 278 g/mol. The van der Waals surface area contributed by atoms with Gasteiger partial charge < -0.3 is 15.7 Å². The summed E-state index contributed by atoms with van der Waals surface area (Å²) in [5.74, 6) is 2.35. The molecular weight excluding hydrogens is 252 g/mol. The summed E-state index contributed by atoms with van der Waals surface area (Å²) in [5.41, 5.74) is -0.590. The molecule has 0 amide bonds. The molecule has 0 aromatic carbocycles. The summed E-state index contributed by atoms with van der Waals surface area (Å²) in [6.07, 6.45) is 6.46. The highest BCUT2D eigenvalue weighted by Gasteiger charge is 2.27. The molecule has 1 aliphatic rings. The second kappa shape index (κ2) is 6.88. The van der Waals surface area contributed by atoms with Gasteiger partial charge in [-0.05, 0) is 26.7 Å². The summed E-state index contributed by atoms with van der Waals surface area (Å²) < 4.78 is 0. The summed E-state index contributed by atoms with van der Waals surface area (Å²) in [6.45, 7) is 5.32. The zero-order valence-corrected chi connectivity index (χ0v) is 12.6. The Bertz CT molecular complexity index is 428. The normalized spacial score (nSPS) is 18.4. The Balaban J connectivity index is 1.98. The van der Waals surface area contributed by atoms with Gasteiger partial charge in [0.05, 0.1) is 5.60 Å². The van der Waals surface area contributed by atoms with E-state index in [4.69, 9.17) is 0 Å². The minimum Gasteiger partial charge on any atom is -0.388 e. The Labute approximate surface area is 121 Å². The molecular formula is C15H26N4O. The molecule has 0 radical (unpaired) electrons. The van der Waals surface area contributed by atoms with Crippen LogP contribution in [0.2, 0.25) is 0 Å². The molecule has 0 saturated heterocycles. The summed E-state index contributed by atoms with van der Waals surface area (Å²) in [4.78, 5) is 8.71. The zero-order chi connectivity index (χ0) is 14.4. The molecule has 112 valence electrons. The molecule has 20 heavy (non-hydrogen) atoms. The Kier molecular flexibility index (Phi) is 5.17. The van der Waals surface area contributed by atoms with Gasteiger partial charge in [-0.2, -0.15) is 0 Å². The van der Waals surface area contributed by atoms with E-state index >= 15 is 0 Å². The Morgan fingerprint density at radius 2 is 1.70 bits per heavy atom. The monoisotopic (exact) mass is 278 g/mol. The Morgan fingerprint density at radius 1 is 1.10 bits per heavy atom. The second-order valence-electron chi connectivity index (χ2n) is 5.71. The predicted molar refractivity (Wildman–Crippen MR) is 82.1 cm³/mol. The molecule has 5 nitrogen and oxygen atoms in total. The Hall–Kier alpha value is -1.36. The summed E-state index contributed by atoms with van der Waals surface area (Å²) >= 11 is 0. The van der Waals surface area contributed by atoms with Gasteiger partial charge in [-0.1, -0.05) is 25.7 Å². The van der Waals surface area contributed by atoms with Crippen LogP contribution in [0.15, 0.2) is 6.07 Å². The maximum Gasteiger partial charge on any atom is 0.131 e. The average Bonchev–Trinajstić information content (AvgIpc) is 2.62. The van der Waals surface area contributed by atoms with E-state index in [1.165, 1.54) is 12.8 Å². The van der Waals surface area contributed by atoms with Gasteiger partial charge in [0, 0.05) is 19.2 Å². The van der Waals surface area contributed by atoms with Crippen LogP contribution in [0, 0.1) is 6.92 Å². The number of aromatic nitrogens is 2. The molecule has 1 saturated carbocycles. The van der Waals surface area contributed by atoms with Gasteiger partial charge in [0.2, 0.25) is 0 Å². The predicted octanol–water partition coefficient (Wildman–Crippen LogP) is 2.71. The van der Waals surface area contributed by atoms with E-state index in [2.05, 4.69) is 20.6 Å². The van der Waals surface area contributed by atoms with Crippen molar-refractivity contribution in [3.8, 4) is 0 Å². The minimum absolute atomic E-state index is 0.565. The molecule has 0 spiro atoms. The van der Waals surface area contributed by atoms with Crippen molar-refractivity contribution in [2.24, 2.45) is 0 Å². The van der Waals surface area contributed by atoms with Crippen LogP contribution in [0.25, 0.3) is 0 Å². The van der Waals surface area contributed by atoms with E-state index in [9.17, 15) is 5.11 Å². The van der Waals surface area contributed by atoms with Gasteiger partial charge in [0.15, 0.2) is 0 Å². The van der Waals surface area contributed by atoms with Crippen molar-refractivity contribution in [3.63, 3.8) is 0 Å². The number of rotatable bonds is 5. The van der Waals surface area contributed by atoms with Crippen molar-refractivity contribution in [2.45, 2.75) is 58.0 Å². The smallest absolute Gasteiger partial charge is 0.131 e. The molecule has 0 unspecified atom stereocenters. The van der Waals surface area contributed by atoms with Crippen LogP contribution in [0.3, 0.4) is 0 Å². The Morgan fingerprint density at radius 3 is 2.30 bits per heavy atom. The van der Waals surface area contributed by atoms with Crippen molar-refractivity contribution in [1.82, 2.24) is 9.97 Å². The van der Waals surface area contributed by atoms with E-state index in [-0.39, 0.29) is 0 Å². The van der Waals surface area contributed by atoms with Crippen LogP contribution in [-0.2, 0) is 0 Å². The molecule has 3 N–H and O–H groups in total. The lowest BCUT2D eigenvalue weighted by molar-refractivity contribution is 0.0380. The maximum absolute atomic E-state index is 10.6. The fraction of sp³-hybridized carbons (Fsp3) is 0.733. The topological polar surface area (TPSA) is 70.1 Å². The van der Waals surface area contributed by atoms with E-state index < -0.39 is 5.60 Å². The fourth-order valence-electron chi connectivity index (χ4n) is 2.75. The summed E-state index contributed by atoms with van der Waals surface area (Å²) in [5, 5.41) is 17.1. The molecule has 1 aliphatic carbocycles. The third-order valence-electron chi connectivity index (χ3n) is 3.83. The van der Waals surface area contributed by atoms with Crippen LogP contribution in [0.1, 0.15) is 51.3 Å². The highest BCUT2D eigenvalue weighted by Crippen LogP contribution is 2.27. The number of hydrogen-bond donors (Lipinski definition) is 3. The number of anilines is 2. The van der Waals surface area contributed by atoms with Gasteiger partial charge in [0.25, 0.3) is 0 Å². The SMILES string of the molecule is CCNc1cc(NCC2(O)CCCCCC2)nc(C)n1. The van der Waals surface area contributed by atoms with Crippen molar-refractivity contribution in [2.75, 3.05) is 23.7 Å². The first-order valence-electron chi connectivity index (χ1n) is 7.67. The first-order valence-corrected chi connectivity index (χ1v) is 7.67. The van der Waals surface area contributed by atoms with Crippen LogP contribution in [0.4, 0.5) is 11.6 Å². The number of nitrogens with zero attached hydrogens (tertiary/aromatic N) is 2. The van der Waals surface area contributed by atoms with Crippen LogP contribution in [-0.4, -0.2) is 33.8 Å². The first-order chi connectivity index (χ1) is 9.61. The lowest BCUT2D eigenvalue weighted by Crippen LogP contribution is -2.36. The third kappa shape index (κ3) is 4.34. The number of aliphatic hydroxyl groups is 1. The van der Waals surface area contributed by atoms with Gasteiger partial charge in [-0.25, -0.2) is 9.97 Å². The lowest BCUT2D eigenvalue weighted by atomic mass is 9.94. The van der Waals surface area contributed by atoms with Crippen molar-refractivity contribution in [3.05, 3.63) is 11.9 Å². The van der Waals surface area contributed by atoms with E-state index in [1.54, 1.807) is 0 Å². The minimum atomic E-state index is -0.590. The lowest BCUT2D eigenvalue weighted by Gasteiger charge is -2.27. The van der Waals surface area contributed by atoms with E-state index in [1.807, 2.05) is 19.9 Å². The van der Waals surface area contributed by atoms with Crippen LogP contribution >= 0.6 is 0 Å². The molecule has 2 rings (SSSR count). The molecule has 1 heterocycles. The second-order valence-corrected chi connectivity index (χ2v) is 5.71. The summed E-state index contributed by atoms with van der Waals surface area (Å²) in [7, 11) is 0. The molecule has 0 atom stereocenters. The third-order valence-corrected chi connectivity index (χ3v) is 3.83. The molecule has 5 heteroatoms. The van der Waals surface area contributed by atoms with E-state index in [0.29, 0.717) is 6.54 Å². The number of aryl methyl sites for hydroxylation is 1. The highest BCUT2D eigenvalue weighted by atomic mass is 16.3. The first kappa shape index (κ1) is 15.0. The fourth-order valence-corrected chi connectivity index (χ4v) is 2.75. The van der Waals surface area contributed by atoms with Crippen molar-refractivity contribution < 1.29 is 5.11 Å². The standard InChI is InChI=1S/C15H26N4O/c1-3-16-13-10-14(19-12(2)18-13)17-11-15(20)8-6-4-5-7-9-15/h10,20H,3-9,11H2,1-2H3,(H2,16,17,18,19). The summed E-state index contributed by atoms with van der Waals surface area (Å²) in [6, 6.07) is 1.90. The van der Waals surface area contributed by atoms with Crippen LogP contribution < -0.4 is 10.6 Å². The number of hydrogen-bond acceptors (Lipinski definition) is 5. The molecule has 0 aliphatic heterocycles. The molecule has 1 aromatic heterocycles. The zero-order valence-electron chi connectivity index (χ0n) is 12.6.